The van der Waals surface area contributed by atoms with Gasteiger partial charge in [0.2, 0.25) is 5.82 Å². The van der Waals surface area contributed by atoms with Crippen LogP contribution < -0.4 is 16.6 Å². The summed E-state index contributed by atoms with van der Waals surface area (Å²) in [5, 5.41) is 2.38. The Kier molecular flexibility index (Phi) is 3.75. The Morgan fingerprint density at radius 3 is 3.00 bits per heavy atom. The summed E-state index contributed by atoms with van der Waals surface area (Å²) >= 11 is 0. The van der Waals surface area contributed by atoms with E-state index in [0.29, 0.717) is 30.0 Å². The van der Waals surface area contributed by atoms with Crippen molar-refractivity contribution in [1.29, 1.82) is 0 Å². The van der Waals surface area contributed by atoms with Gasteiger partial charge in [0.25, 0.3) is 5.56 Å². The molecule has 18 heavy (non-hydrogen) atoms. The minimum atomic E-state index is -1.95. The molecule has 0 atom stereocenters. The van der Waals surface area contributed by atoms with Crippen LogP contribution in [0.15, 0.2) is 15.8 Å². The minimum Gasteiger partial charge on any atom is -0.337 e. The molecule has 1 heterocycles. The second-order valence-corrected chi connectivity index (χ2v) is 3.65. The predicted molar refractivity (Wildman–Crippen MR) is 64.2 cm³/mol. The van der Waals surface area contributed by atoms with Crippen LogP contribution in [-0.2, 0) is 0 Å². The van der Waals surface area contributed by atoms with Gasteiger partial charge in [0.1, 0.15) is 0 Å². The highest BCUT2D eigenvalue weighted by Crippen LogP contribution is 1.97. The average molecular weight is 260 g/mol. The van der Waals surface area contributed by atoms with Gasteiger partial charge < -0.3 is 5.32 Å². The first kappa shape index (κ1) is 10.0. The molecular weight excluding hydrogens is 241 g/mol. The number of hydrogen-bond donors (Lipinski definition) is 2. The van der Waals surface area contributed by atoms with Crippen molar-refractivity contribution in [3.63, 3.8) is 0 Å². The maximum absolute atomic E-state index is 13.0. The molecule has 1 aromatic rings. The van der Waals surface area contributed by atoms with Crippen molar-refractivity contribution < 1.29 is 13.3 Å². The van der Waals surface area contributed by atoms with Gasteiger partial charge in [0, 0.05) is 10.7 Å². The number of carbonyl (C=O) groups is 1. The van der Waals surface area contributed by atoms with Gasteiger partial charge in [-0.3, -0.25) is 9.78 Å². The van der Waals surface area contributed by atoms with E-state index in [1.165, 1.54) is 0 Å². The Hall–Kier alpha value is -1.92. The summed E-state index contributed by atoms with van der Waals surface area (Å²) in [5.41, 5.74) is -2.21. The van der Waals surface area contributed by atoms with Crippen molar-refractivity contribution in [1.82, 2.24) is 14.9 Å². The van der Waals surface area contributed by atoms with E-state index in [0.717, 1.165) is 0 Å². The smallest absolute Gasteiger partial charge is 0.336 e. The molecule has 0 aliphatic heterocycles. The van der Waals surface area contributed by atoms with Gasteiger partial charge in [-0.15, -0.1) is 0 Å². The van der Waals surface area contributed by atoms with Crippen LogP contribution >= 0.6 is 0 Å². The molecule has 100 valence electrons. The number of H-pyrrole nitrogens is 1. The SMILES string of the molecule is [2H]C([2H])([2H])CCCCCNC(=O)n1cc(F)c(=O)[nH]c1=O. The molecule has 0 saturated carbocycles. The van der Waals surface area contributed by atoms with Gasteiger partial charge in [-0.1, -0.05) is 26.1 Å². The number of amides is 1. The molecule has 0 spiro atoms. The quantitative estimate of drug-likeness (QED) is 0.768. The van der Waals surface area contributed by atoms with E-state index in [9.17, 15) is 18.8 Å². The van der Waals surface area contributed by atoms with E-state index in [1.807, 2.05) is 0 Å². The maximum atomic E-state index is 13.0. The normalized spacial score (nSPS) is 13.5. The molecule has 0 fully saturated rings. The molecule has 0 aliphatic rings. The molecule has 0 unspecified atom stereocenters. The summed E-state index contributed by atoms with van der Waals surface area (Å²) in [6, 6.07) is -0.856. The van der Waals surface area contributed by atoms with Crippen LogP contribution in [0.2, 0.25) is 0 Å². The van der Waals surface area contributed by atoms with E-state index >= 15 is 0 Å². The topological polar surface area (TPSA) is 84.0 Å². The van der Waals surface area contributed by atoms with E-state index in [-0.39, 0.29) is 13.0 Å². The molecular formula is C11H16FN3O3. The van der Waals surface area contributed by atoms with Crippen molar-refractivity contribution in [2.45, 2.75) is 32.5 Å². The zero-order valence-electron chi connectivity index (χ0n) is 12.7. The summed E-state index contributed by atoms with van der Waals surface area (Å²) in [4.78, 5) is 35.4. The molecule has 1 amide bonds. The first-order valence-electron chi connectivity index (χ1n) is 7.00. The monoisotopic (exact) mass is 260 g/mol. The van der Waals surface area contributed by atoms with Gasteiger partial charge in [0.05, 0.1) is 6.20 Å². The summed E-state index contributed by atoms with van der Waals surface area (Å²) in [6.45, 7) is -1.74. The van der Waals surface area contributed by atoms with E-state index in [4.69, 9.17) is 4.11 Å². The molecule has 1 aromatic heterocycles. The largest absolute Gasteiger partial charge is 0.337 e. The third kappa shape index (κ3) is 3.83. The van der Waals surface area contributed by atoms with Crippen LogP contribution in [-0.4, -0.2) is 22.1 Å². The Labute approximate surface area is 107 Å². The Morgan fingerprint density at radius 1 is 1.50 bits per heavy atom. The molecule has 6 nitrogen and oxygen atoms in total. The highest BCUT2D eigenvalue weighted by atomic mass is 19.1. The zero-order chi connectivity index (χ0) is 16.0. The number of aromatic amines is 1. The van der Waals surface area contributed by atoms with Crippen LogP contribution in [0.25, 0.3) is 0 Å². The van der Waals surface area contributed by atoms with Gasteiger partial charge in [-0.25, -0.2) is 14.2 Å². The lowest BCUT2D eigenvalue weighted by molar-refractivity contribution is 0.240. The van der Waals surface area contributed by atoms with Crippen molar-refractivity contribution >= 4 is 6.03 Å². The maximum Gasteiger partial charge on any atom is 0.336 e. The summed E-state index contributed by atoms with van der Waals surface area (Å²) in [7, 11) is 0. The molecule has 2 N–H and O–H groups in total. The first-order chi connectivity index (χ1) is 9.70. The lowest BCUT2D eigenvalue weighted by Gasteiger charge is -2.06. The lowest BCUT2D eigenvalue weighted by atomic mass is 10.2. The number of unbranched alkanes of at least 4 members (excludes halogenated alkanes) is 2. The second kappa shape index (κ2) is 6.73. The average Bonchev–Trinajstić information content (AvgIpc) is 2.36. The Bertz CT molecular complexity index is 609. The number of rotatable bonds is 5. The van der Waals surface area contributed by atoms with Crippen LogP contribution in [0.1, 0.15) is 36.6 Å². The Balaban J connectivity index is 2.40. The molecule has 0 saturated heterocycles. The fourth-order valence-corrected chi connectivity index (χ4v) is 1.31. The fourth-order valence-electron chi connectivity index (χ4n) is 1.31. The van der Waals surface area contributed by atoms with Gasteiger partial charge >= 0.3 is 11.7 Å². The fraction of sp³-hybridized carbons (Fsp3) is 0.545. The molecule has 1 rings (SSSR count). The number of aromatic nitrogens is 2. The summed E-state index contributed by atoms with van der Waals surface area (Å²) < 4.78 is 34.5. The molecule has 7 heteroatoms. The highest BCUT2D eigenvalue weighted by Gasteiger charge is 2.09. The van der Waals surface area contributed by atoms with Gasteiger partial charge in [-0.05, 0) is 6.42 Å². The predicted octanol–water partition coefficient (Wildman–Crippen LogP) is 0.814. The second-order valence-electron chi connectivity index (χ2n) is 3.65. The molecule has 0 aliphatic carbocycles. The Morgan fingerprint density at radius 2 is 2.28 bits per heavy atom. The summed E-state index contributed by atoms with van der Waals surface area (Å²) in [5.74, 6) is -1.23. The number of nitrogens with zero attached hydrogens (tertiary/aromatic N) is 1. The number of nitrogens with one attached hydrogen (secondary N) is 2. The first-order valence-corrected chi connectivity index (χ1v) is 5.50. The van der Waals surface area contributed by atoms with Crippen molar-refractivity contribution in [3.05, 3.63) is 32.9 Å². The van der Waals surface area contributed by atoms with Gasteiger partial charge in [-0.2, -0.15) is 4.39 Å². The van der Waals surface area contributed by atoms with Crippen LogP contribution in [0.5, 0.6) is 0 Å². The number of hydrogen-bond acceptors (Lipinski definition) is 3. The molecule has 0 aromatic carbocycles. The van der Waals surface area contributed by atoms with Crippen LogP contribution in [0.4, 0.5) is 9.18 Å². The van der Waals surface area contributed by atoms with E-state index in [1.54, 1.807) is 4.98 Å². The van der Waals surface area contributed by atoms with E-state index in [2.05, 4.69) is 5.32 Å². The number of halogens is 1. The summed E-state index contributed by atoms with van der Waals surface area (Å²) in [6.07, 6.45) is 2.26. The standard InChI is InChI=1S/C11H16FN3O3/c1-2-3-4-5-6-13-10(17)15-7-8(12)9(16)14-11(15)18/h7H,2-6H2,1H3,(H,13,17)(H,14,16,18)/i1D3. The highest BCUT2D eigenvalue weighted by molar-refractivity contribution is 5.76. The molecule has 0 radical (unpaired) electrons. The zero-order valence-corrected chi connectivity index (χ0v) is 9.66. The van der Waals surface area contributed by atoms with Crippen molar-refractivity contribution in [3.8, 4) is 0 Å². The van der Waals surface area contributed by atoms with Crippen LogP contribution in [0, 0.1) is 5.82 Å². The lowest BCUT2D eigenvalue weighted by Crippen LogP contribution is -2.40. The minimum absolute atomic E-state index is 0.103. The van der Waals surface area contributed by atoms with Crippen LogP contribution in [0.3, 0.4) is 0 Å². The van der Waals surface area contributed by atoms with Gasteiger partial charge in [0.15, 0.2) is 0 Å². The third-order valence-electron chi connectivity index (χ3n) is 2.25. The third-order valence-corrected chi connectivity index (χ3v) is 2.25. The van der Waals surface area contributed by atoms with Crippen molar-refractivity contribution in [2.24, 2.45) is 0 Å². The number of carbonyl (C=O) groups excluding carboxylic acids is 1. The van der Waals surface area contributed by atoms with Crippen molar-refractivity contribution in [2.75, 3.05) is 6.54 Å². The van der Waals surface area contributed by atoms with E-state index < -0.39 is 29.9 Å². The molecule has 0 bridgehead atoms.